The number of hydrogen-bond donors (Lipinski definition) is 2. The molecule has 0 amide bonds. The fraction of sp³-hybridized carbons (Fsp3) is 0.737. The molecule has 2 N–H and O–H groups in total. The lowest BCUT2D eigenvalue weighted by atomic mass is 10.1. The standard InChI is InChI=1S/C19H32N6OS/c1-26-14-9-20-19(27)23-18-21-16(24-10-5-2-3-6-11-24)15-17(22-18)25-12-7-4-8-13-25/h15H,2-14H2,1H3,(H2,20,21,22,23,27). The van der Waals surface area contributed by atoms with E-state index < -0.39 is 0 Å². The number of thiocarbonyl (C=S) groups is 1. The van der Waals surface area contributed by atoms with Crippen LogP contribution in [-0.4, -0.2) is 61.5 Å². The van der Waals surface area contributed by atoms with Crippen LogP contribution in [0.1, 0.15) is 44.9 Å². The van der Waals surface area contributed by atoms with E-state index in [4.69, 9.17) is 26.9 Å². The Morgan fingerprint density at radius 3 is 2.00 bits per heavy atom. The Hall–Kier alpha value is -1.67. The molecule has 27 heavy (non-hydrogen) atoms. The molecule has 0 spiro atoms. The molecule has 2 fully saturated rings. The maximum atomic E-state index is 5.39. The van der Waals surface area contributed by atoms with Gasteiger partial charge in [-0.05, 0) is 44.3 Å². The highest BCUT2D eigenvalue weighted by molar-refractivity contribution is 7.80. The Kier molecular flexibility index (Phi) is 7.89. The van der Waals surface area contributed by atoms with Crippen LogP contribution in [0.4, 0.5) is 17.6 Å². The van der Waals surface area contributed by atoms with Crippen molar-refractivity contribution in [3.63, 3.8) is 0 Å². The first-order chi connectivity index (χ1) is 13.3. The molecular weight excluding hydrogens is 360 g/mol. The van der Waals surface area contributed by atoms with Crippen molar-refractivity contribution in [1.82, 2.24) is 15.3 Å². The van der Waals surface area contributed by atoms with Gasteiger partial charge in [-0.2, -0.15) is 9.97 Å². The summed E-state index contributed by atoms with van der Waals surface area (Å²) in [6.45, 7) is 5.51. The summed E-state index contributed by atoms with van der Waals surface area (Å²) in [5, 5.41) is 6.82. The van der Waals surface area contributed by atoms with Gasteiger partial charge in [0.2, 0.25) is 5.95 Å². The maximum absolute atomic E-state index is 5.39. The number of ether oxygens (including phenoxy) is 1. The third-order valence-electron chi connectivity index (χ3n) is 5.13. The van der Waals surface area contributed by atoms with E-state index in [1.165, 1.54) is 44.9 Å². The average Bonchev–Trinajstić information content (AvgIpc) is 2.98. The van der Waals surface area contributed by atoms with Crippen LogP contribution in [0, 0.1) is 0 Å². The quantitative estimate of drug-likeness (QED) is 0.566. The molecular formula is C19H32N6OS. The molecule has 2 saturated heterocycles. The summed E-state index contributed by atoms with van der Waals surface area (Å²) >= 11 is 5.39. The number of nitrogens with zero attached hydrogens (tertiary/aromatic N) is 4. The van der Waals surface area contributed by atoms with Gasteiger partial charge < -0.3 is 25.2 Å². The van der Waals surface area contributed by atoms with Gasteiger partial charge >= 0.3 is 0 Å². The number of methoxy groups -OCH3 is 1. The molecule has 1 aromatic rings. The summed E-state index contributed by atoms with van der Waals surface area (Å²) in [7, 11) is 1.68. The second kappa shape index (κ2) is 10.6. The Labute approximate surface area is 167 Å². The highest BCUT2D eigenvalue weighted by Gasteiger charge is 2.18. The minimum absolute atomic E-state index is 0.532. The summed E-state index contributed by atoms with van der Waals surface area (Å²) in [6, 6.07) is 2.16. The number of aromatic nitrogens is 2. The fourth-order valence-electron chi connectivity index (χ4n) is 3.64. The Balaban J connectivity index is 1.77. The van der Waals surface area contributed by atoms with Gasteiger partial charge in [0.25, 0.3) is 0 Å². The highest BCUT2D eigenvalue weighted by Crippen LogP contribution is 2.25. The second-order valence-electron chi connectivity index (χ2n) is 7.23. The topological polar surface area (TPSA) is 65.6 Å². The van der Waals surface area contributed by atoms with Crippen LogP contribution in [0.25, 0.3) is 0 Å². The summed E-state index contributed by atoms with van der Waals surface area (Å²) in [6.07, 6.45) is 8.81. The number of hydrogen-bond acceptors (Lipinski definition) is 6. The molecule has 0 atom stereocenters. The third kappa shape index (κ3) is 6.17. The van der Waals surface area contributed by atoms with Crippen LogP contribution in [-0.2, 0) is 4.74 Å². The smallest absolute Gasteiger partial charge is 0.232 e. The number of rotatable bonds is 6. The van der Waals surface area contributed by atoms with Crippen molar-refractivity contribution in [2.75, 3.05) is 61.6 Å². The van der Waals surface area contributed by atoms with E-state index in [0.717, 1.165) is 37.8 Å². The summed E-state index contributed by atoms with van der Waals surface area (Å²) in [4.78, 5) is 14.3. The number of anilines is 3. The van der Waals surface area contributed by atoms with E-state index >= 15 is 0 Å². The van der Waals surface area contributed by atoms with Gasteiger partial charge in [0.1, 0.15) is 11.6 Å². The Bertz CT molecular complexity index is 600. The molecule has 150 valence electrons. The molecule has 0 bridgehead atoms. The molecule has 7 nitrogen and oxygen atoms in total. The zero-order valence-corrected chi connectivity index (χ0v) is 17.2. The minimum atomic E-state index is 0.532. The van der Waals surface area contributed by atoms with Crippen molar-refractivity contribution >= 4 is 34.9 Å². The van der Waals surface area contributed by atoms with Crippen molar-refractivity contribution in [1.29, 1.82) is 0 Å². The van der Waals surface area contributed by atoms with Gasteiger partial charge in [0.15, 0.2) is 5.11 Å². The maximum Gasteiger partial charge on any atom is 0.232 e. The third-order valence-corrected chi connectivity index (χ3v) is 5.37. The van der Waals surface area contributed by atoms with Crippen LogP contribution in [0.15, 0.2) is 6.07 Å². The van der Waals surface area contributed by atoms with Gasteiger partial charge in [0, 0.05) is 45.9 Å². The molecule has 3 heterocycles. The first-order valence-electron chi connectivity index (χ1n) is 10.2. The molecule has 0 unspecified atom stereocenters. The van der Waals surface area contributed by atoms with Crippen LogP contribution in [0.3, 0.4) is 0 Å². The van der Waals surface area contributed by atoms with Crippen molar-refractivity contribution in [3.8, 4) is 0 Å². The van der Waals surface area contributed by atoms with Crippen LogP contribution in [0.5, 0.6) is 0 Å². The van der Waals surface area contributed by atoms with Crippen LogP contribution in [0.2, 0.25) is 0 Å². The molecule has 1 aromatic heterocycles. The van der Waals surface area contributed by atoms with E-state index in [1.54, 1.807) is 7.11 Å². The fourth-order valence-corrected chi connectivity index (χ4v) is 3.83. The van der Waals surface area contributed by atoms with E-state index in [2.05, 4.69) is 26.5 Å². The summed E-state index contributed by atoms with van der Waals surface area (Å²) in [5.41, 5.74) is 0. The lowest BCUT2D eigenvalue weighted by molar-refractivity contribution is 0.204. The molecule has 0 saturated carbocycles. The molecule has 0 radical (unpaired) electrons. The lowest BCUT2D eigenvalue weighted by Gasteiger charge is -2.29. The molecule has 2 aliphatic rings. The predicted octanol–water partition coefficient (Wildman–Crippen LogP) is 2.78. The van der Waals surface area contributed by atoms with Gasteiger partial charge in [-0.3, -0.25) is 0 Å². The van der Waals surface area contributed by atoms with Gasteiger partial charge in [-0.15, -0.1) is 0 Å². The van der Waals surface area contributed by atoms with Gasteiger partial charge in [-0.25, -0.2) is 0 Å². The molecule has 8 heteroatoms. The van der Waals surface area contributed by atoms with Crippen molar-refractivity contribution < 1.29 is 4.74 Å². The largest absolute Gasteiger partial charge is 0.383 e. The monoisotopic (exact) mass is 392 g/mol. The zero-order valence-electron chi connectivity index (χ0n) is 16.4. The Morgan fingerprint density at radius 1 is 0.963 bits per heavy atom. The summed E-state index contributed by atoms with van der Waals surface area (Å²) < 4.78 is 5.06. The molecule has 0 aromatic carbocycles. The van der Waals surface area contributed by atoms with Gasteiger partial charge in [0.05, 0.1) is 6.61 Å². The van der Waals surface area contributed by atoms with E-state index in [0.29, 0.717) is 24.2 Å². The number of piperidine rings is 1. The highest BCUT2D eigenvalue weighted by atomic mass is 32.1. The van der Waals surface area contributed by atoms with Crippen LogP contribution < -0.4 is 20.4 Å². The van der Waals surface area contributed by atoms with E-state index in [-0.39, 0.29) is 0 Å². The normalized spacial score (nSPS) is 18.1. The first kappa shape index (κ1) is 20.1. The van der Waals surface area contributed by atoms with E-state index in [1.807, 2.05) is 0 Å². The van der Waals surface area contributed by atoms with Gasteiger partial charge in [-0.1, -0.05) is 12.8 Å². The minimum Gasteiger partial charge on any atom is -0.383 e. The zero-order chi connectivity index (χ0) is 18.9. The predicted molar refractivity (Wildman–Crippen MR) is 115 cm³/mol. The van der Waals surface area contributed by atoms with Crippen molar-refractivity contribution in [3.05, 3.63) is 6.07 Å². The van der Waals surface area contributed by atoms with Crippen molar-refractivity contribution in [2.24, 2.45) is 0 Å². The lowest BCUT2D eigenvalue weighted by Crippen LogP contribution is -2.34. The van der Waals surface area contributed by atoms with E-state index in [9.17, 15) is 0 Å². The average molecular weight is 393 g/mol. The SMILES string of the molecule is COCCNC(=S)Nc1nc(N2CCCCCC2)cc(N2CCCCC2)n1. The second-order valence-corrected chi connectivity index (χ2v) is 7.64. The van der Waals surface area contributed by atoms with Crippen LogP contribution >= 0.6 is 12.2 Å². The van der Waals surface area contributed by atoms with Crippen molar-refractivity contribution in [2.45, 2.75) is 44.9 Å². The first-order valence-corrected chi connectivity index (χ1v) is 10.6. The Morgan fingerprint density at radius 2 is 1.48 bits per heavy atom. The summed E-state index contributed by atoms with van der Waals surface area (Å²) in [5.74, 6) is 2.59. The molecule has 2 aliphatic heterocycles. The number of nitrogens with one attached hydrogen (secondary N) is 2. The molecule has 3 rings (SSSR count). The molecule has 0 aliphatic carbocycles.